The average molecular weight is 322 g/mol. The first-order chi connectivity index (χ1) is 11.1. The van der Waals surface area contributed by atoms with Crippen molar-refractivity contribution in [2.75, 3.05) is 0 Å². The smallest absolute Gasteiger partial charge is 0.280 e. The molecule has 0 amide bonds. The van der Waals surface area contributed by atoms with Crippen LogP contribution in [-0.4, -0.2) is 9.55 Å². The third-order valence-electron chi connectivity index (χ3n) is 3.55. The lowest BCUT2D eigenvalue weighted by molar-refractivity contribution is 0.881. The Hall–Kier alpha value is -2.33. The predicted octanol–water partition coefficient (Wildman–Crippen LogP) is 4.14. The van der Waals surface area contributed by atoms with Crippen LogP contribution >= 0.6 is 11.8 Å². The molecule has 0 unspecified atom stereocenters. The molecular formula is C19H18N2OS. The molecule has 116 valence electrons. The number of hydrogen-bond acceptors (Lipinski definition) is 3. The summed E-state index contributed by atoms with van der Waals surface area (Å²) in [7, 11) is 0. The van der Waals surface area contributed by atoms with Gasteiger partial charge in [0, 0.05) is 23.8 Å². The Morgan fingerprint density at radius 3 is 2.52 bits per heavy atom. The molecule has 0 spiro atoms. The van der Waals surface area contributed by atoms with Crippen LogP contribution in [0.4, 0.5) is 0 Å². The van der Waals surface area contributed by atoms with Crippen molar-refractivity contribution in [3.05, 3.63) is 88.0 Å². The van der Waals surface area contributed by atoms with E-state index in [0.29, 0.717) is 5.03 Å². The molecular weight excluding hydrogens is 304 g/mol. The van der Waals surface area contributed by atoms with Crippen molar-refractivity contribution < 1.29 is 0 Å². The summed E-state index contributed by atoms with van der Waals surface area (Å²) < 4.78 is 1.65. The molecule has 0 saturated heterocycles. The maximum absolute atomic E-state index is 12.6. The van der Waals surface area contributed by atoms with E-state index in [2.05, 4.69) is 30.1 Å². The van der Waals surface area contributed by atoms with Crippen LogP contribution in [0.3, 0.4) is 0 Å². The minimum absolute atomic E-state index is 0.0734. The zero-order valence-corrected chi connectivity index (χ0v) is 14.0. The van der Waals surface area contributed by atoms with Gasteiger partial charge in [0.25, 0.3) is 5.56 Å². The Balaban J connectivity index is 1.87. The topological polar surface area (TPSA) is 34.9 Å². The van der Waals surface area contributed by atoms with Crippen molar-refractivity contribution in [1.82, 2.24) is 9.55 Å². The van der Waals surface area contributed by atoms with E-state index in [4.69, 9.17) is 0 Å². The van der Waals surface area contributed by atoms with Gasteiger partial charge in [-0.05, 0) is 37.1 Å². The molecule has 1 heterocycles. The van der Waals surface area contributed by atoms with Crippen molar-refractivity contribution in [3.63, 3.8) is 0 Å². The van der Waals surface area contributed by atoms with E-state index in [0.717, 1.165) is 17.0 Å². The summed E-state index contributed by atoms with van der Waals surface area (Å²) >= 11 is 1.48. The lowest BCUT2D eigenvalue weighted by Crippen LogP contribution is -2.20. The standard InChI is InChI=1S/C19H18N2OS/c1-14-5-3-7-16(11-14)13-23-18-19(22)21(10-9-20-18)17-8-4-6-15(2)12-17/h3-12H,13H2,1-2H3. The minimum Gasteiger partial charge on any atom is -0.280 e. The first kappa shape index (κ1) is 15.6. The Bertz CT molecular complexity index is 886. The number of hydrogen-bond donors (Lipinski definition) is 0. The van der Waals surface area contributed by atoms with E-state index in [1.165, 1.54) is 22.9 Å². The highest BCUT2D eigenvalue weighted by Gasteiger charge is 2.08. The molecule has 3 rings (SSSR count). The van der Waals surface area contributed by atoms with Crippen LogP contribution in [0, 0.1) is 13.8 Å². The summed E-state index contributed by atoms with van der Waals surface area (Å²) in [4.78, 5) is 16.9. The van der Waals surface area contributed by atoms with Crippen LogP contribution in [0.15, 0.2) is 70.7 Å². The Labute approximate surface area is 140 Å². The van der Waals surface area contributed by atoms with E-state index < -0.39 is 0 Å². The maximum Gasteiger partial charge on any atom is 0.287 e. The Morgan fingerprint density at radius 1 is 1.04 bits per heavy atom. The molecule has 0 bridgehead atoms. The Kier molecular flexibility index (Phi) is 4.63. The number of thioether (sulfide) groups is 1. The van der Waals surface area contributed by atoms with Crippen molar-refractivity contribution in [1.29, 1.82) is 0 Å². The summed E-state index contributed by atoms with van der Waals surface area (Å²) in [5.74, 6) is 0.738. The number of rotatable bonds is 4. The first-order valence-corrected chi connectivity index (χ1v) is 8.45. The van der Waals surface area contributed by atoms with Gasteiger partial charge in [0.15, 0.2) is 5.03 Å². The average Bonchev–Trinajstić information content (AvgIpc) is 2.54. The van der Waals surface area contributed by atoms with Gasteiger partial charge in [0.05, 0.1) is 0 Å². The molecule has 0 aliphatic carbocycles. The first-order valence-electron chi connectivity index (χ1n) is 7.46. The second-order valence-electron chi connectivity index (χ2n) is 5.52. The summed E-state index contributed by atoms with van der Waals surface area (Å²) in [5, 5.41) is 0.524. The van der Waals surface area contributed by atoms with E-state index >= 15 is 0 Å². The summed E-state index contributed by atoms with van der Waals surface area (Å²) in [6.07, 6.45) is 3.40. The highest BCUT2D eigenvalue weighted by atomic mass is 32.2. The lowest BCUT2D eigenvalue weighted by Gasteiger charge is -2.08. The van der Waals surface area contributed by atoms with Gasteiger partial charge in [0.1, 0.15) is 0 Å². The molecule has 3 nitrogen and oxygen atoms in total. The third kappa shape index (κ3) is 3.71. The van der Waals surface area contributed by atoms with Gasteiger partial charge >= 0.3 is 0 Å². The molecule has 0 aliphatic rings. The zero-order valence-electron chi connectivity index (χ0n) is 13.2. The van der Waals surface area contributed by atoms with Crippen LogP contribution in [-0.2, 0) is 5.75 Å². The summed E-state index contributed by atoms with van der Waals surface area (Å²) in [6.45, 7) is 4.09. The van der Waals surface area contributed by atoms with Crippen LogP contribution in [0.25, 0.3) is 5.69 Å². The van der Waals surface area contributed by atoms with E-state index in [-0.39, 0.29) is 5.56 Å². The molecule has 0 N–H and O–H groups in total. The molecule has 0 saturated carbocycles. The Morgan fingerprint density at radius 2 is 1.78 bits per heavy atom. The van der Waals surface area contributed by atoms with Crippen LogP contribution in [0.2, 0.25) is 0 Å². The molecule has 4 heteroatoms. The lowest BCUT2D eigenvalue weighted by atomic mass is 10.2. The summed E-state index contributed by atoms with van der Waals surface area (Å²) in [5.41, 5.74) is 4.34. The van der Waals surface area contributed by atoms with Gasteiger partial charge in [0.2, 0.25) is 0 Å². The fourth-order valence-corrected chi connectivity index (χ4v) is 3.27. The number of aromatic nitrogens is 2. The fraction of sp³-hybridized carbons (Fsp3) is 0.158. The van der Waals surface area contributed by atoms with Crippen LogP contribution < -0.4 is 5.56 Å². The highest BCUT2D eigenvalue weighted by Crippen LogP contribution is 2.19. The quantitative estimate of drug-likeness (QED) is 0.677. The monoisotopic (exact) mass is 322 g/mol. The largest absolute Gasteiger partial charge is 0.287 e. The van der Waals surface area contributed by atoms with Crippen molar-refractivity contribution in [2.24, 2.45) is 0 Å². The van der Waals surface area contributed by atoms with Crippen LogP contribution in [0.1, 0.15) is 16.7 Å². The fourth-order valence-electron chi connectivity index (χ4n) is 2.43. The predicted molar refractivity (Wildman–Crippen MR) is 95.3 cm³/mol. The SMILES string of the molecule is Cc1cccc(CSc2nccn(-c3cccc(C)c3)c2=O)c1. The van der Waals surface area contributed by atoms with Crippen LogP contribution in [0.5, 0.6) is 0 Å². The molecule has 0 atom stereocenters. The van der Waals surface area contributed by atoms with E-state index in [1.54, 1.807) is 17.0 Å². The zero-order chi connectivity index (χ0) is 16.2. The third-order valence-corrected chi connectivity index (χ3v) is 4.58. The molecule has 3 aromatic rings. The number of benzene rings is 2. The summed E-state index contributed by atoms with van der Waals surface area (Å²) in [6, 6.07) is 16.2. The maximum atomic E-state index is 12.6. The minimum atomic E-state index is -0.0734. The van der Waals surface area contributed by atoms with Gasteiger partial charge in [-0.1, -0.05) is 53.7 Å². The second-order valence-corrected chi connectivity index (χ2v) is 6.49. The van der Waals surface area contributed by atoms with Crippen molar-refractivity contribution in [2.45, 2.75) is 24.6 Å². The second kappa shape index (κ2) is 6.84. The van der Waals surface area contributed by atoms with Crippen molar-refractivity contribution >= 4 is 11.8 Å². The molecule has 1 aromatic heterocycles. The van der Waals surface area contributed by atoms with Gasteiger partial charge in [-0.15, -0.1) is 0 Å². The highest BCUT2D eigenvalue weighted by molar-refractivity contribution is 7.98. The van der Waals surface area contributed by atoms with Gasteiger partial charge in [-0.3, -0.25) is 9.36 Å². The van der Waals surface area contributed by atoms with E-state index in [9.17, 15) is 4.79 Å². The van der Waals surface area contributed by atoms with Gasteiger partial charge in [-0.25, -0.2) is 4.98 Å². The number of nitrogens with zero attached hydrogens (tertiary/aromatic N) is 2. The number of aryl methyl sites for hydroxylation is 2. The van der Waals surface area contributed by atoms with Gasteiger partial charge in [-0.2, -0.15) is 0 Å². The molecule has 0 fully saturated rings. The normalized spacial score (nSPS) is 10.7. The van der Waals surface area contributed by atoms with Gasteiger partial charge < -0.3 is 0 Å². The molecule has 0 radical (unpaired) electrons. The van der Waals surface area contributed by atoms with E-state index in [1.807, 2.05) is 37.3 Å². The van der Waals surface area contributed by atoms with Crippen molar-refractivity contribution in [3.8, 4) is 5.69 Å². The molecule has 0 aliphatic heterocycles. The molecule has 23 heavy (non-hydrogen) atoms. The molecule has 2 aromatic carbocycles.